The molecule has 5 atom stereocenters. The van der Waals surface area contributed by atoms with Crippen LogP contribution in [0, 0.1) is 11.8 Å². The number of hydrogen-bond acceptors (Lipinski definition) is 6. The molecule has 2 N–H and O–H groups in total. The zero-order chi connectivity index (χ0) is 18.1. The summed E-state index contributed by atoms with van der Waals surface area (Å²) in [5.41, 5.74) is 0. The van der Waals surface area contributed by atoms with E-state index in [2.05, 4.69) is 4.74 Å². The van der Waals surface area contributed by atoms with Crippen molar-refractivity contribution in [2.75, 3.05) is 20.3 Å². The van der Waals surface area contributed by atoms with Crippen molar-refractivity contribution in [2.24, 2.45) is 11.8 Å². The molecular weight excluding hydrogens is 324 g/mol. The Balaban J connectivity index is 1.69. The molecule has 0 bridgehead atoms. The number of hydrogen-bond donors (Lipinski definition) is 2. The first-order chi connectivity index (χ1) is 12.2. The van der Waals surface area contributed by atoms with E-state index in [9.17, 15) is 15.0 Å². The summed E-state index contributed by atoms with van der Waals surface area (Å²) in [6.45, 7) is 0.778. The molecule has 1 aliphatic carbocycles. The lowest BCUT2D eigenvalue weighted by molar-refractivity contribution is -0.198. The predicted molar refractivity (Wildman–Crippen MR) is 92.9 cm³/mol. The third-order valence-electron chi connectivity index (χ3n) is 5.57. The highest BCUT2D eigenvalue weighted by atomic mass is 16.7. The number of carbonyl (C=O) groups excluding carboxylic acids is 1. The van der Waals surface area contributed by atoms with Gasteiger partial charge in [-0.15, -0.1) is 0 Å². The molecule has 0 spiro atoms. The molecule has 1 saturated heterocycles. The molecule has 5 unspecified atom stereocenters. The van der Waals surface area contributed by atoms with Gasteiger partial charge in [-0.05, 0) is 38.0 Å². The minimum atomic E-state index is -0.416. The van der Waals surface area contributed by atoms with Crippen LogP contribution >= 0.6 is 0 Å². The van der Waals surface area contributed by atoms with Crippen molar-refractivity contribution in [3.8, 4) is 0 Å². The smallest absolute Gasteiger partial charge is 0.305 e. The highest BCUT2D eigenvalue weighted by Crippen LogP contribution is 2.38. The number of aliphatic hydroxyl groups excluding tert-OH is 2. The zero-order valence-electron chi connectivity index (χ0n) is 15.4. The lowest BCUT2D eigenvalue weighted by atomic mass is 9.89. The molecule has 0 aromatic rings. The van der Waals surface area contributed by atoms with Crippen LogP contribution in [0.3, 0.4) is 0 Å². The van der Waals surface area contributed by atoms with E-state index >= 15 is 0 Å². The Kier molecular flexibility index (Phi) is 9.17. The lowest BCUT2D eigenvalue weighted by Crippen LogP contribution is -2.33. The topological polar surface area (TPSA) is 85.2 Å². The number of methoxy groups -OCH3 is 1. The second-order valence-electron chi connectivity index (χ2n) is 7.31. The first kappa shape index (κ1) is 20.6. The van der Waals surface area contributed by atoms with E-state index in [-0.39, 0.29) is 36.8 Å². The van der Waals surface area contributed by atoms with Crippen LogP contribution in [0.4, 0.5) is 0 Å². The molecule has 1 aliphatic heterocycles. The van der Waals surface area contributed by atoms with Gasteiger partial charge in [-0.2, -0.15) is 0 Å². The summed E-state index contributed by atoms with van der Waals surface area (Å²) in [4.78, 5) is 11.1. The van der Waals surface area contributed by atoms with Crippen LogP contribution in [0.25, 0.3) is 0 Å². The highest BCUT2D eigenvalue weighted by molar-refractivity contribution is 5.68. The van der Waals surface area contributed by atoms with Gasteiger partial charge in [0.15, 0.2) is 6.29 Å². The second kappa shape index (κ2) is 11.1. The molecule has 0 aromatic carbocycles. The number of ether oxygens (including phenoxy) is 3. The van der Waals surface area contributed by atoms with Crippen LogP contribution < -0.4 is 0 Å². The van der Waals surface area contributed by atoms with Crippen molar-refractivity contribution >= 4 is 5.97 Å². The third kappa shape index (κ3) is 6.51. The van der Waals surface area contributed by atoms with Crippen LogP contribution in [0.15, 0.2) is 0 Å². The maximum atomic E-state index is 11.1. The van der Waals surface area contributed by atoms with Crippen LogP contribution in [-0.4, -0.2) is 55.0 Å². The van der Waals surface area contributed by atoms with Crippen molar-refractivity contribution in [1.29, 1.82) is 0 Å². The summed E-state index contributed by atoms with van der Waals surface area (Å²) in [5, 5.41) is 20.2. The largest absolute Gasteiger partial charge is 0.469 e. The second-order valence-corrected chi connectivity index (χ2v) is 7.31. The fourth-order valence-electron chi connectivity index (χ4n) is 4.08. The summed E-state index contributed by atoms with van der Waals surface area (Å²) >= 11 is 0. The summed E-state index contributed by atoms with van der Waals surface area (Å²) < 4.78 is 16.3. The third-order valence-corrected chi connectivity index (χ3v) is 5.57. The summed E-state index contributed by atoms with van der Waals surface area (Å²) in [6, 6.07) is 0. The van der Waals surface area contributed by atoms with Crippen molar-refractivity contribution in [1.82, 2.24) is 0 Å². The van der Waals surface area contributed by atoms with Gasteiger partial charge in [-0.25, -0.2) is 0 Å². The molecule has 0 aromatic heterocycles. The molecule has 6 nitrogen and oxygen atoms in total. The van der Waals surface area contributed by atoms with Gasteiger partial charge in [0.25, 0.3) is 0 Å². The summed E-state index contributed by atoms with van der Waals surface area (Å²) in [5.74, 6) is -0.0914. The van der Waals surface area contributed by atoms with Gasteiger partial charge in [0.2, 0.25) is 0 Å². The van der Waals surface area contributed by atoms with Gasteiger partial charge < -0.3 is 24.4 Å². The zero-order valence-corrected chi connectivity index (χ0v) is 15.4. The standard InChI is InChI=1S/C19H34O6/c1-23-18(22)9-5-3-2-4-8-14-15(13-20)17(12-16(14)21)25-19-10-6-7-11-24-19/h14-17,19-21H,2-13H2,1H3. The Morgan fingerprint density at radius 1 is 1.16 bits per heavy atom. The minimum Gasteiger partial charge on any atom is -0.469 e. The van der Waals surface area contributed by atoms with E-state index < -0.39 is 6.10 Å². The molecule has 2 rings (SSSR count). The van der Waals surface area contributed by atoms with Crippen molar-refractivity contribution in [3.63, 3.8) is 0 Å². The van der Waals surface area contributed by atoms with Crippen LogP contribution in [0.1, 0.15) is 64.2 Å². The number of unbranched alkanes of at least 4 members (excludes halogenated alkanes) is 3. The molecule has 0 amide bonds. The van der Waals surface area contributed by atoms with Crippen molar-refractivity contribution in [3.05, 3.63) is 0 Å². The van der Waals surface area contributed by atoms with Gasteiger partial charge in [0.1, 0.15) is 0 Å². The molecule has 146 valence electrons. The van der Waals surface area contributed by atoms with E-state index in [4.69, 9.17) is 9.47 Å². The molecule has 2 aliphatic rings. The van der Waals surface area contributed by atoms with Gasteiger partial charge in [0.05, 0.1) is 19.3 Å². The number of carbonyl (C=O) groups is 1. The van der Waals surface area contributed by atoms with Gasteiger partial charge in [0, 0.05) is 32.0 Å². The average Bonchev–Trinajstić information content (AvgIpc) is 2.92. The lowest BCUT2D eigenvalue weighted by Gasteiger charge is -2.29. The monoisotopic (exact) mass is 358 g/mol. The molecule has 2 fully saturated rings. The minimum absolute atomic E-state index is 0.0180. The Bertz CT molecular complexity index is 382. The van der Waals surface area contributed by atoms with Gasteiger partial charge in [-0.1, -0.05) is 19.3 Å². The van der Waals surface area contributed by atoms with E-state index in [0.29, 0.717) is 12.8 Å². The maximum absolute atomic E-state index is 11.1. The summed E-state index contributed by atoms with van der Waals surface area (Å²) in [6.07, 6.45) is 8.15. The molecule has 25 heavy (non-hydrogen) atoms. The molecule has 1 saturated carbocycles. The van der Waals surface area contributed by atoms with Crippen LogP contribution in [-0.2, 0) is 19.0 Å². The predicted octanol–water partition coefficient (Wildman–Crippen LogP) is 2.40. The molecule has 0 radical (unpaired) electrons. The maximum Gasteiger partial charge on any atom is 0.305 e. The van der Waals surface area contributed by atoms with Crippen molar-refractivity contribution in [2.45, 2.75) is 82.7 Å². The Labute approximate surface area is 150 Å². The quantitative estimate of drug-likeness (QED) is 0.461. The normalized spacial score (nSPS) is 32.7. The van der Waals surface area contributed by atoms with Crippen LogP contribution in [0.5, 0.6) is 0 Å². The fraction of sp³-hybridized carbons (Fsp3) is 0.947. The van der Waals surface area contributed by atoms with Gasteiger partial charge >= 0.3 is 5.97 Å². The molecule has 1 heterocycles. The number of rotatable bonds is 10. The highest BCUT2D eigenvalue weighted by Gasteiger charge is 2.43. The summed E-state index contributed by atoms with van der Waals surface area (Å²) in [7, 11) is 1.41. The molecular formula is C19H34O6. The fourth-order valence-corrected chi connectivity index (χ4v) is 4.08. The van der Waals surface area contributed by atoms with E-state index in [1.54, 1.807) is 0 Å². The van der Waals surface area contributed by atoms with E-state index in [1.807, 2.05) is 0 Å². The van der Waals surface area contributed by atoms with Crippen LogP contribution in [0.2, 0.25) is 0 Å². The first-order valence-corrected chi connectivity index (χ1v) is 9.78. The SMILES string of the molecule is COC(=O)CCCCCCC1C(O)CC(OC2CCCCO2)C1CO. The van der Waals surface area contributed by atoms with Crippen molar-refractivity contribution < 1.29 is 29.2 Å². The number of aliphatic hydroxyl groups is 2. The van der Waals surface area contributed by atoms with E-state index in [0.717, 1.165) is 58.0 Å². The Morgan fingerprint density at radius 2 is 1.96 bits per heavy atom. The van der Waals surface area contributed by atoms with E-state index in [1.165, 1.54) is 7.11 Å². The van der Waals surface area contributed by atoms with Gasteiger partial charge in [-0.3, -0.25) is 4.79 Å². The Hall–Kier alpha value is -0.690. The molecule has 6 heteroatoms. The number of esters is 1. The average molecular weight is 358 g/mol. The Morgan fingerprint density at radius 3 is 2.64 bits per heavy atom. The first-order valence-electron chi connectivity index (χ1n) is 9.78.